The zero-order chi connectivity index (χ0) is 18.5. The van der Waals surface area contributed by atoms with Crippen LogP contribution >= 0.6 is 0 Å². The summed E-state index contributed by atoms with van der Waals surface area (Å²) in [6.45, 7) is 8.09. The van der Waals surface area contributed by atoms with Crippen molar-refractivity contribution in [2.75, 3.05) is 33.4 Å². The van der Waals surface area contributed by atoms with Crippen LogP contribution in [0, 0.1) is 0 Å². The Morgan fingerprint density at radius 2 is 2.04 bits per heavy atom. The number of benzene rings is 1. The van der Waals surface area contributed by atoms with Crippen molar-refractivity contribution in [3.63, 3.8) is 0 Å². The van der Waals surface area contributed by atoms with E-state index in [1.54, 1.807) is 7.11 Å². The number of piperidine rings is 1. The highest BCUT2D eigenvalue weighted by Gasteiger charge is 2.24. The van der Waals surface area contributed by atoms with E-state index in [-0.39, 0.29) is 18.0 Å². The number of likely N-dealkylation sites (tertiary alicyclic amines) is 1. The first-order chi connectivity index (χ1) is 12.6. The number of amides is 1. The molecule has 1 aliphatic rings. The molecule has 1 saturated heterocycles. The number of hydrogen-bond acceptors (Lipinski definition) is 4. The summed E-state index contributed by atoms with van der Waals surface area (Å²) in [6.07, 6.45) is 3.04. The van der Waals surface area contributed by atoms with Crippen molar-refractivity contribution in [1.29, 1.82) is 0 Å². The number of hydrogen-bond donors (Lipinski definition) is 1. The van der Waals surface area contributed by atoms with Gasteiger partial charge in [0.25, 0.3) is 5.91 Å². The fourth-order valence-corrected chi connectivity index (χ4v) is 3.64. The van der Waals surface area contributed by atoms with Crippen LogP contribution in [0.25, 0.3) is 10.9 Å². The van der Waals surface area contributed by atoms with Crippen LogP contribution < -0.4 is 5.32 Å². The molecule has 0 saturated carbocycles. The van der Waals surface area contributed by atoms with Crippen molar-refractivity contribution in [2.45, 2.75) is 45.2 Å². The number of para-hydroxylation sites is 1. The first-order valence-corrected chi connectivity index (χ1v) is 9.59. The molecule has 0 bridgehead atoms. The van der Waals surface area contributed by atoms with Gasteiger partial charge in [-0.05, 0) is 39.2 Å². The molecule has 0 spiro atoms. The first kappa shape index (κ1) is 18.9. The van der Waals surface area contributed by atoms with Crippen LogP contribution in [0.2, 0.25) is 0 Å². The lowest BCUT2D eigenvalue weighted by atomic mass is 10.0. The van der Waals surface area contributed by atoms with E-state index < -0.39 is 0 Å². The Kier molecular flexibility index (Phi) is 6.27. The highest BCUT2D eigenvalue weighted by molar-refractivity contribution is 6.05. The number of aromatic nitrogens is 2. The van der Waals surface area contributed by atoms with E-state index >= 15 is 0 Å². The zero-order valence-electron chi connectivity index (χ0n) is 16.1. The summed E-state index contributed by atoms with van der Waals surface area (Å²) < 4.78 is 7.05. The summed E-state index contributed by atoms with van der Waals surface area (Å²) in [4.78, 5) is 15.3. The minimum atomic E-state index is -0.0570. The molecule has 1 N–H and O–H groups in total. The molecule has 0 atom stereocenters. The standard InChI is InChI=1S/C20H30N4O2/c1-15(2)24-18-8-5-4-7-17(18)19(22-24)20(25)21-16-9-12-23(13-10-16)11-6-14-26-3/h4-5,7-8,15-16H,6,9-14H2,1-3H3,(H,21,25). The molecule has 6 nitrogen and oxygen atoms in total. The van der Waals surface area contributed by atoms with Crippen LogP contribution in [0.15, 0.2) is 24.3 Å². The van der Waals surface area contributed by atoms with Gasteiger partial charge in [-0.1, -0.05) is 18.2 Å². The number of fused-ring (bicyclic) bond motifs is 1. The van der Waals surface area contributed by atoms with E-state index in [1.807, 2.05) is 28.9 Å². The third-order valence-corrected chi connectivity index (χ3v) is 5.06. The Hall–Kier alpha value is -1.92. The van der Waals surface area contributed by atoms with Crippen LogP contribution in [-0.2, 0) is 4.74 Å². The molecule has 2 aromatic rings. The van der Waals surface area contributed by atoms with Gasteiger partial charge in [-0.2, -0.15) is 5.10 Å². The van der Waals surface area contributed by atoms with Crippen molar-refractivity contribution < 1.29 is 9.53 Å². The average Bonchev–Trinajstić information content (AvgIpc) is 3.03. The largest absolute Gasteiger partial charge is 0.385 e. The lowest BCUT2D eigenvalue weighted by molar-refractivity contribution is 0.0902. The molecule has 0 aliphatic carbocycles. The molecule has 6 heteroatoms. The SMILES string of the molecule is COCCCN1CCC(NC(=O)c2nn(C(C)C)c3ccccc23)CC1. The van der Waals surface area contributed by atoms with Crippen molar-refractivity contribution in [3.8, 4) is 0 Å². The number of carbonyl (C=O) groups excluding carboxylic acids is 1. The quantitative estimate of drug-likeness (QED) is 0.773. The van der Waals surface area contributed by atoms with E-state index in [1.165, 1.54) is 0 Å². The minimum Gasteiger partial charge on any atom is -0.385 e. The number of nitrogens with zero attached hydrogens (tertiary/aromatic N) is 3. The third-order valence-electron chi connectivity index (χ3n) is 5.06. The number of ether oxygens (including phenoxy) is 1. The lowest BCUT2D eigenvalue weighted by Gasteiger charge is -2.32. The lowest BCUT2D eigenvalue weighted by Crippen LogP contribution is -2.45. The first-order valence-electron chi connectivity index (χ1n) is 9.59. The van der Waals surface area contributed by atoms with Crippen LogP contribution in [-0.4, -0.2) is 60.0 Å². The Morgan fingerprint density at radius 1 is 1.31 bits per heavy atom. The van der Waals surface area contributed by atoms with Gasteiger partial charge in [-0.25, -0.2) is 0 Å². The van der Waals surface area contributed by atoms with E-state index in [4.69, 9.17) is 4.74 Å². The molecule has 1 fully saturated rings. The van der Waals surface area contributed by atoms with Crippen LogP contribution in [0.3, 0.4) is 0 Å². The normalized spacial score (nSPS) is 16.5. The van der Waals surface area contributed by atoms with Crippen molar-refractivity contribution in [2.24, 2.45) is 0 Å². The number of rotatable bonds is 7. The van der Waals surface area contributed by atoms with Gasteiger partial charge in [0.15, 0.2) is 5.69 Å². The van der Waals surface area contributed by atoms with Gasteiger partial charge in [-0.3, -0.25) is 9.48 Å². The van der Waals surface area contributed by atoms with Crippen molar-refractivity contribution in [1.82, 2.24) is 20.0 Å². The monoisotopic (exact) mass is 358 g/mol. The number of carbonyl (C=O) groups is 1. The summed E-state index contributed by atoms with van der Waals surface area (Å²) in [5.41, 5.74) is 1.55. The maximum atomic E-state index is 12.8. The van der Waals surface area contributed by atoms with E-state index in [9.17, 15) is 4.79 Å². The second-order valence-corrected chi connectivity index (χ2v) is 7.34. The summed E-state index contributed by atoms with van der Waals surface area (Å²) >= 11 is 0. The van der Waals surface area contributed by atoms with E-state index in [0.717, 1.165) is 56.4 Å². The summed E-state index contributed by atoms with van der Waals surface area (Å²) in [5.74, 6) is -0.0570. The molecule has 142 valence electrons. The molecule has 2 heterocycles. The topological polar surface area (TPSA) is 59.4 Å². The predicted octanol–water partition coefficient (Wildman–Crippen LogP) is 2.85. The molecule has 0 radical (unpaired) electrons. The van der Waals surface area contributed by atoms with E-state index in [0.29, 0.717) is 5.69 Å². The molecular weight excluding hydrogens is 328 g/mol. The summed E-state index contributed by atoms with van der Waals surface area (Å²) in [6, 6.07) is 8.40. The summed E-state index contributed by atoms with van der Waals surface area (Å²) in [5, 5.41) is 8.73. The minimum absolute atomic E-state index is 0.0570. The van der Waals surface area contributed by atoms with Crippen molar-refractivity contribution in [3.05, 3.63) is 30.0 Å². The second-order valence-electron chi connectivity index (χ2n) is 7.34. The molecule has 1 aromatic heterocycles. The highest BCUT2D eigenvalue weighted by Crippen LogP contribution is 2.22. The second kappa shape index (κ2) is 8.64. The third kappa shape index (κ3) is 4.24. The Labute approximate surface area is 155 Å². The van der Waals surface area contributed by atoms with Gasteiger partial charge in [0, 0.05) is 50.8 Å². The average molecular weight is 358 g/mol. The molecule has 3 rings (SSSR count). The number of nitrogens with one attached hydrogen (secondary N) is 1. The predicted molar refractivity (Wildman–Crippen MR) is 104 cm³/mol. The van der Waals surface area contributed by atoms with Gasteiger partial charge in [-0.15, -0.1) is 0 Å². The summed E-state index contributed by atoms with van der Waals surface area (Å²) in [7, 11) is 1.74. The van der Waals surface area contributed by atoms with Gasteiger partial charge in [0.05, 0.1) is 5.52 Å². The molecular formula is C20H30N4O2. The zero-order valence-corrected chi connectivity index (χ0v) is 16.1. The molecule has 1 aliphatic heterocycles. The fraction of sp³-hybridized carbons (Fsp3) is 0.600. The molecule has 26 heavy (non-hydrogen) atoms. The van der Waals surface area contributed by atoms with E-state index in [2.05, 4.69) is 29.2 Å². The van der Waals surface area contributed by atoms with Crippen molar-refractivity contribution >= 4 is 16.8 Å². The molecule has 1 aromatic carbocycles. The Bertz CT molecular complexity index is 732. The van der Waals surface area contributed by atoms with Crippen LogP contribution in [0.4, 0.5) is 0 Å². The van der Waals surface area contributed by atoms with Crippen LogP contribution in [0.1, 0.15) is 49.6 Å². The maximum Gasteiger partial charge on any atom is 0.272 e. The molecule has 1 amide bonds. The smallest absolute Gasteiger partial charge is 0.272 e. The highest BCUT2D eigenvalue weighted by atomic mass is 16.5. The van der Waals surface area contributed by atoms with Gasteiger partial charge in [0.2, 0.25) is 0 Å². The fourth-order valence-electron chi connectivity index (χ4n) is 3.64. The number of methoxy groups -OCH3 is 1. The van der Waals surface area contributed by atoms with Gasteiger partial charge >= 0.3 is 0 Å². The van der Waals surface area contributed by atoms with Gasteiger partial charge < -0.3 is 15.0 Å². The van der Waals surface area contributed by atoms with Gasteiger partial charge in [0.1, 0.15) is 0 Å². The maximum absolute atomic E-state index is 12.8. The van der Waals surface area contributed by atoms with Crippen LogP contribution in [0.5, 0.6) is 0 Å². The Balaban J connectivity index is 1.62. The molecule has 0 unspecified atom stereocenters. The Morgan fingerprint density at radius 3 is 2.73 bits per heavy atom.